The lowest BCUT2D eigenvalue weighted by Crippen LogP contribution is -2.38. The molecule has 0 radical (unpaired) electrons. The van der Waals surface area contributed by atoms with Crippen LogP contribution in [0.3, 0.4) is 0 Å². The molecule has 1 rings (SSSR count). The van der Waals surface area contributed by atoms with Crippen LogP contribution in [0.25, 0.3) is 0 Å². The van der Waals surface area contributed by atoms with Crippen molar-refractivity contribution < 1.29 is 9.90 Å². The fraction of sp³-hybridized carbons (Fsp3) is 0.857. The number of halogens is 1. The van der Waals surface area contributed by atoms with Crippen molar-refractivity contribution in [1.29, 1.82) is 0 Å². The van der Waals surface area contributed by atoms with Gasteiger partial charge in [0.25, 0.3) is 0 Å². The van der Waals surface area contributed by atoms with Gasteiger partial charge in [0.2, 0.25) is 5.91 Å². The highest BCUT2D eigenvalue weighted by Crippen LogP contribution is 2.16. The highest BCUT2D eigenvalue weighted by atomic mass is 35.5. The summed E-state index contributed by atoms with van der Waals surface area (Å²) in [6.45, 7) is 0.805. The number of hydrogen-bond acceptors (Lipinski definition) is 2. The molecule has 1 N–H and O–H groups in total. The molecule has 1 aliphatic heterocycles. The third-order valence-corrected chi connectivity index (χ3v) is 2.25. The monoisotopic (exact) mass is 177 g/mol. The maximum Gasteiger partial charge on any atom is 0.237 e. The van der Waals surface area contributed by atoms with Gasteiger partial charge in [0.05, 0.1) is 12.6 Å². The molecule has 0 unspecified atom stereocenters. The first-order valence-electron chi connectivity index (χ1n) is 3.76. The van der Waals surface area contributed by atoms with Crippen LogP contribution in [0.2, 0.25) is 0 Å². The van der Waals surface area contributed by atoms with Crippen molar-refractivity contribution in [2.24, 2.45) is 0 Å². The number of amides is 1. The van der Waals surface area contributed by atoms with Gasteiger partial charge in [-0.3, -0.25) is 4.79 Å². The summed E-state index contributed by atoms with van der Waals surface area (Å²) in [5, 5.41) is 8.84. The van der Waals surface area contributed by atoms with E-state index in [9.17, 15) is 4.79 Å². The van der Waals surface area contributed by atoms with Crippen molar-refractivity contribution in [2.75, 3.05) is 19.0 Å². The molecule has 0 saturated carbocycles. The van der Waals surface area contributed by atoms with Gasteiger partial charge in [0.1, 0.15) is 5.88 Å². The highest BCUT2D eigenvalue weighted by Gasteiger charge is 2.26. The molecule has 0 bridgehead atoms. The van der Waals surface area contributed by atoms with Crippen LogP contribution in [0.15, 0.2) is 0 Å². The molecule has 11 heavy (non-hydrogen) atoms. The van der Waals surface area contributed by atoms with Gasteiger partial charge >= 0.3 is 0 Å². The van der Waals surface area contributed by atoms with Crippen molar-refractivity contribution in [3.63, 3.8) is 0 Å². The molecule has 1 atom stereocenters. The largest absolute Gasteiger partial charge is 0.394 e. The number of rotatable bonds is 2. The summed E-state index contributed by atoms with van der Waals surface area (Å²) in [6.07, 6.45) is 1.88. The molecular weight excluding hydrogens is 166 g/mol. The molecule has 4 heteroatoms. The molecule has 0 aromatic heterocycles. The van der Waals surface area contributed by atoms with Gasteiger partial charge in [-0.15, -0.1) is 11.6 Å². The predicted molar refractivity (Wildman–Crippen MR) is 42.5 cm³/mol. The number of alkyl halides is 1. The lowest BCUT2D eigenvalue weighted by Gasteiger charge is -2.21. The standard InChI is InChI=1S/C7H12ClNO2/c8-4-7(11)9-3-1-2-6(9)5-10/h6,10H,1-5H2/t6-/m1/s1. The summed E-state index contributed by atoms with van der Waals surface area (Å²) in [5.41, 5.74) is 0. The third-order valence-electron chi connectivity index (χ3n) is 2.02. The topological polar surface area (TPSA) is 40.5 Å². The van der Waals surface area contributed by atoms with Gasteiger partial charge in [-0.2, -0.15) is 0 Å². The van der Waals surface area contributed by atoms with E-state index in [0.717, 1.165) is 19.4 Å². The summed E-state index contributed by atoms with van der Waals surface area (Å²) in [4.78, 5) is 12.7. The second-order valence-corrected chi connectivity index (χ2v) is 2.97. The smallest absolute Gasteiger partial charge is 0.237 e. The zero-order valence-corrected chi connectivity index (χ0v) is 7.05. The first kappa shape index (κ1) is 8.81. The Morgan fingerprint density at radius 3 is 3.00 bits per heavy atom. The van der Waals surface area contributed by atoms with Crippen molar-refractivity contribution in [3.8, 4) is 0 Å². The van der Waals surface area contributed by atoms with Crippen LogP contribution in [0.4, 0.5) is 0 Å². The summed E-state index contributed by atoms with van der Waals surface area (Å²) >= 11 is 5.38. The molecule has 0 aromatic carbocycles. The highest BCUT2D eigenvalue weighted by molar-refractivity contribution is 6.27. The Morgan fingerprint density at radius 2 is 2.45 bits per heavy atom. The third kappa shape index (κ3) is 1.84. The maximum atomic E-state index is 11.1. The van der Waals surface area contributed by atoms with Crippen molar-refractivity contribution in [3.05, 3.63) is 0 Å². The number of nitrogens with zero attached hydrogens (tertiary/aromatic N) is 1. The average Bonchev–Trinajstić information content (AvgIpc) is 2.50. The Hall–Kier alpha value is -0.280. The quantitative estimate of drug-likeness (QED) is 0.613. The van der Waals surface area contributed by atoms with Crippen molar-refractivity contribution in [2.45, 2.75) is 18.9 Å². The van der Waals surface area contributed by atoms with Crippen molar-refractivity contribution >= 4 is 17.5 Å². The van der Waals surface area contributed by atoms with Crippen LogP contribution in [0.5, 0.6) is 0 Å². The van der Waals surface area contributed by atoms with E-state index in [-0.39, 0.29) is 24.4 Å². The first-order valence-corrected chi connectivity index (χ1v) is 4.29. The van der Waals surface area contributed by atoms with Crippen LogP contribution >= 0.6 is 11.6 Å². The van der Waals surface area contributed by atoms with Crippen LogP contribution in [0.1, 0.15) is 12.8 Å². The van der Waals surface area contributed by atoms with Gasteiger partial charge in [-0.25, -0.2) is 0 Å². The lowest BCUT2D eigenvalue weighted by atomic mass is 10.2. The Kier molecular flexibility index (Phi) is 3.15. The molecule has 0 aliphatic carbocycles. The zero-order valence-electron chi connectivity index (χ0n) is 6.29. The van der Waals surface area contributed by atoms with E-state index in [2.05, 4.69) is 0 Å². The van der Waals surface area contributed by atoms with Crippen molar-refractivity contribution in [1.82, 2.24) is 4.90 Å². The number of carbonyl (C=O) groups is 1. The predicted octanol–water partition coefficient (Wildman–Crippen LogP) is 0.209. The van der Waals surface area contributed by atoms with E-state index in [4.69, 9.17) is 16.7 Å². The molecule has 0 aromatic rings. The minimum atomic E-state index is -0.0665. The van der Waals surface area contributed by atoms with Gasteiger partial charge < -0.3 is 10.0 Å². The molecular formula is C7H12ClNO2. The number of hydrogen-bond donors (Lipinski definition) is 1. The van der Waals surface area contributed by atoms with Crippen LogP contribution in [0, 0.1) is 0 Å². The zero-order chi connectivity index (χ0) is 8.27. The minimum absolute atomic E-state index is 0.0150. The molecule has 1 fully saturated rings. The van der Waals surface area contributed by atoms with E-state index < -0.39 is 0 Å². The summed E-state index contributed by atoms with van der Waals surface area (Å²) in [7, 11) is 0. The number of carbonyl (C=O) groups excluding carboxylic acids is 1. The molecule has 1 aliphatic rings. The normalized spacial score (nSPS) is 24.2. The minimum Gasteiger partial charge on any atom is -0.394 e. The molecule has 1 amide bonds. The Bertz CT molecular complexity index is 151. The number of likely N-dealkylation sites (tertiary alicyclic amines) is 1. The first-order chi connectivity index (χ1) is 5.29. The van der Waals surface area contributed by atoms with Gasteiger partial charge in [-0.1, -0.05) is 0 Å². The summed E-state index contributed by atoms with van der Waals surface area (Å²) in [5.74, 6) is -0.0422. The summed E-state index contributed by atoms with van der Waals surface area (Å²) < 4.78 is 0. The van der Waals surface area contributed by atoms with E-state index in [1.54, 1.807) is 4.90 Å². The van der Waals surface area contributed by atoms with E-state index in [1.165, 1.54) is 0 Å². The second-order valence-electron chi connectivity index (χ2n) is 2.70. The van der Waals surface area contributed by atoms with E-state index >= 15 is 0 Å². The maximum absolute atomic E-state index is 11.1. The van der Waals surface area contributed by atoms with E-state index in [1.807, 2.05) is 0 Å². The fourth-order valence-electron chi connectivity index (χ4n) is 1.43. The summed E-state index contributed by atoms with van der Waals surface area (Å²) in [6, 6.07) is 0.0150. The average molecular weight is 178 g/mol. The molecule has 1 heterocycles. The van der Waals surface area contributed by atoms with E-state index in [0.29, 0.717) is 0 Å². The molecule has 64 valence electrons. The van der Waals surface area contributed by atoms with Gasteiger partial charge in [0.15, 0.2) is 0 Å². The van der Waals surface area contributed by atoms with Crippen LogP contribution in [-0.4, -0.2) is 41.0 Å². The lowest BCUT2D eigenvalue weighted by molar-refractivity contribution is -0.129. The SMILES string of the molecule is O=C(CCl)N1CCC[C@@H]1CO. The Morgan fingerprint density at radius 1 is 1.73 bits per heavy atom. The van der Waals surface area contributed by atoms with Crippen LogP contribution < -0.4 is 0 Å². The Balaban J connectivity index is 2.49. The second kappa shape index (κ2) is 3.93. The van der Waals surface area contributed by atoms with Gasteiger partial charge in [-0.05, 0) is 12.8 Å². The number of aliphatic hydroxyl groups excluding tert-OH is 1. The Labute approximate surface area is 70.9 Å². The fourth-order valence-corrected chi connectivity index (χ4v) is 1.58. The molecule has 3 nitrogen and oxygen atoms in total. The van der Waals surface area contributed by atoms with Crippen LogP contribution in [-0.2, 0) is 4.79 Å². The number of aliphatic hydroxyl groups is 1. The van der Waals surface area contributed by atoms with Gasteiger partial charge in [0, 0.05) is 6.54 Å². The molecule has 0 spiro atoms. The molecule has 1 saturated heterocycles.